The van der Waals surface area contributed by atoms with Gasteiger partial charge in [0.1, 0.15) is 5.75 Å². The molecule has 3 heteroatoms. The molecule has 0 bridgehead atoms. The Morgan fingerprint density at radius 3 is 2.14 bits per heavy atom. The fraction of sp³-hybridized carbons (Fsp3) is 0.455. The van der Waals surface area contributed by atoms with E-state index in [0.29, 0.717) is 12.0 Å². The molecule has 0 amide bonds. The number of rotatable bonds is 4. The second-order valence-electron chi connectivity index (χ2n) is 2.57. The van der Waals surface area contributed by atoms with Gasteiger partial charge >= 0.3 is 0 Å². The molecule has 1 aromatic rings. The summed E-state index contributed by atoms with van der Waals surface area (Å²) < 4.78 is 78.3. The van der Waals surface area contributed by atoms with Crippen LogP contribution in [0.2, 0.25) is 0 Å². The van der Waals surface area contributed by atoms with Gasteiger partial charge in [-0.1, -0.05) is 6.92 Å². The Balaban J connectivity index is 3.38. The highest BCUT2D eigenvalue weighted by Crippen LogP contribution is 2.34. The summed E-state index contributed by atoms with van der Waals surface area (Å²) in [7, 11) is -8.46. The van der Waals surface area contributed by atoms with E-state index >= 15 is 0 Å². The Kier molecular flexibility index (Phi) is 1.24. The van der Waals surface area contributed by atoms with E-state index in [9.17, 15) is 0 Å². The van der Waals surface area contributed by atoms with Crippen LogP contribution in [0.25, 0.3) is 0 Å². The zero-order valence-corrected chi connectivity index (χ0v) is 7.59. The van der Waals surface area contributed by atoms with E-state index < -0.39 is 26.9 Å². The molecule has 0 heterocycles. The van der Waals surface area contributed by atoms with E-state index in [1.807, 2.05) is 0 Å². The van der Waals surface area contributed by atoms with Gasteiger partial charge in [0, 0.05) is 6.07 Å². The van der Waals surface area contributed by atoms with Gasteiger partial charge in [0.05, 0.1) is 33.5 Å². The van der Waals surface area contributed by atoms with Gasteiger partial charge in [-0.05, 0) is 18.1 Å². The van der Waals surface area contributed by atoms with Crippen molar-refractivity contribution >= 4 is 0 Å². The first kappa shape index (κ1) is 3.65. The van der Waals surface area contributed by atoms with E-state index in [4.69, 9.17) is 26.5 Å². The van der Waals surface area contributed by atoms with Crippen LogP contribution in [-0.4, -0.2) is 21.1 Å². The standard InChI is InChI=1S/C11H16O3/c1-5-8-6-10(13-3)11(14-4)7-9(8)12-2/h6-7H,5H2,1-4H3/i2D3,3D3,4D3. The van der Waals surface area contributed by atoms with Gasteiger partial charge in [0.15, 0.2) is 11.5 Å². The molecule has 1 aromatic carbocycles. The van der Waals surface area contributed by atoms with Crippen molar-refractivity contribution in [1.29, 1.82) is 0 Å². The zero-order chi connectivity index (χ0) is 18.1. The van der Waals surface area contributed by atoms with Gasteiger partial charge in [-0.3, -0.25) is 0 Å². The van der Waals surface area contributed by atoms with Gasteiger partial charge in [-0.2, -0.15) is 0 Å². The van der Waals surface area contributed by atoms with Gasteiger partial charge in [0.2, 0.25) is 0 Å². The highest BCUT2D eigenvalue weighted by molar-refractivity contribution is 5.50. The number of hydrogen-bond acceptors (Lipinski definition) is 3. The molecule has 0 fully saturated rings. The first-order valence-electron chi connectivity index (χ1n) is 8.44. The third-order valence-electron chi connectivity index (χ3n) is 1.84. The molecule has 0 aliphatic carbocycles. The molecule has 0 spiro atoms. The van der Waals surface area contributed by atoms with Crippen molar-refractivity contribution in [3.63, 3.8) is 0 Å². The number of aryl methyl sites for hydroxylation is 1. The molecule has 0 N–H and O–H groups in total. The lowest BCUT2D eigenvalue weighted by Crippen LogP contribution is -1.96. The first-order chi connectivity index (χ1) is 10.2. The lowest BCUT2D eigenvalue weighted by Gasteiger charge is -2.12. The molecule has 0 radical (unpaired) electrons. The Hall–Kier alpha value is -1.38. The van der Waals surface area contributed by atoms with Crippen molar-refractivity contribution in [3.8, 4) is 17.2 Å². The highest BCUT2D eigenvalue weighted by Gasteiger charge is 2.09. The molecule has 0 saturated heterocycles. The van der Waals surface area contributed by atoms with Crippen LogP contribution in [0.15, 0.2) is 12.1 Å². The summed E-state index contributed by atoms with van der Waals surface area (Å²) in [4.78, 5) is 0. The van der Waals surface area contributed by atoms with Crippen LogP contribution in [0.3, 0.4) is 0 Å². The van der Waals surface area contributed by atoms with Gasteiger partial charge in [-0.15, -0.1) is 0 Å². The van der Waals surface area contributed by atoms with Gasteiger partial charge in [0.25, 0.3) is 0 Å². The quantitative estimate of drug-likeness (QED) is 0.754. The van der Waals surface area contributed by atoms with Crippen LogP contribution in [0.4, 0.5) is 0 Å². The smallest absolute Gasteiger partial charge is 0.164 e. The predicted molar refractivity (Wildman–Crippen MR) is 55.5 cm³/mol. The second kappa shape index (κ2) is 4.74. The zero-order valence-electron chi connectivity index (χ0n) is 16.6. The van der Waals surface area contributed by atoms with Crippen LogP contribution >= 0.6 is 0 Å². The maximum atomic E-state index is 7.13. The van der Waals surface area contributed by atoms with Crippen LogP contribution in [-0.2, 0) is 6.42 Å². The van der Waals surface area contributed by atoms with Crippen molar-refractivity contribution in [3.05, 3.63) is 17.7 Å². The number of ether oxygens (including phenoxy) is 3. The SMILES string of the molecule is [2H]C([2H])([2H])Oc1cc(OC([2H])([2H])[2H])c(OC([2H])([2H])[2H])cc1CC. The van der Waals surface area contributed by atoms with Crippen molar-refractivity contribution in [2.45, 2.75) is 13.3 Å². The van der Waals surface area contributed by atoms with E-state index in [1.165, 1.54) is 6.07 Å². The predicted octanol–water partition coefficient (Wildman–Crippen LogP) is 2.27. The largest absolute Gasteiger partial charge is 0.496 e. The highest BCUT2D eigenvalue weighted by atomic mass is 16.5. The lowest BCUT2D eigenvalue weighted by atomic mass is 10.1. The number of hydrogen-bond donors (Lipinski definition) is 0. The molecule has 78 valence electrons. The summed E-state index contributed by atoms with van der Waals surface area (Å²) in [5.74, 6) is -0.918. The molecule has 3 nitrogen and oxygen atoms in total. The minimum absolute atomic E-state index is 0.135. The number of benzene rings is 1. The second-order valence-corrected chi connectivity index (χ2v) is 2.57. The molecule has 0 aromatic heterocycles. The molecular weight excluding hydrogens is 180 g/mol. The summed E-state index contributed by atoms with van der Waals surface area (Å²) >= 11 is 0. The van der Waals surface area contributed by atoms with Gasteiger partial charge in [-0.25, -0.2) is 0 Å². The summed E-state index contributed by atoms with van der Waals surface area (Å²) in [5.41, 5.74) is 0.332. The molecule has 0 aliphatic heterocycles. The minimum atomic E-state index is -2.88. The first-order valence-corrected chi connectivity index (χ1v) is 3.94. The van der Waals surface area contributed by atoms with E-state index in [-0.39, 0.29) is 11.5 Å². The van der Waals surface area contributed by atoms with Crippen molar-refractivity contribution in [2.24, 2.45) is 0 Å². The fourth-order valence-electron chi connectivity index (χ4n) is 1.11. The summed E-state index contributed by atoms with van der Waals surface area (Å²) in [6.45, 7) is 1.69. The topological polar surface area (TPSA) is 27.7 Å². The lowest BCUT2D eigenvalue weighted by molar-refractivity contribution is 0.347. The third kappa shape index (κ3) is 1.92. The monoisotopic (exact) mass is 205 g/mol. The van der Waals surface area contributed by atoms with Crippen LogP contribution in [0.5, 0.6) is 17.2 Å². The van der Waals surface area contributed by atoms with Crippen LogP contribution < -0.4 is 14.2 Å². The Morgan fingerprint density at radius 2 is 1.57 bits per heavy atom. The van der Waals surface area contributed by atoms with Gasteiger partial charge < -0.3 is 14.2 Å². The molecule has 0 aliphatic rings. The summed E-state index contributed by atoms with van der Waals surface area (Å²) in [6.07, 6.45) is 0.302. The average Bonchev–Trinajstić information content (AvgIpc) is 2.26. The van der Waals surface area contributed by atoms with Crippen molar-refractivity contribution < 1.29 is 26.5 Å². The van der Waals surface area contributed by atoms with E-state index in [2.05, 4.69) is 0 Å². The van der Waals surface area contributed by atoms with Crippen molar-refractivity contribution in [1.82, 2.24) is 0 Å². The Morgan fingerprint density at radius 1 is 1.00 bits per heavy atom. The molecular formula is C11H16O3. The molecule has 1 rings (SSSR count). The Bertz CT molecular complexity index is 545. The number of methoxy groups -OCH3 is 3. The molecule has 14 heavy (non-hydrogen) atoms. The average molecular weight is 205 g/mol. The maximum absolute atomic E-state index is 7.13. The summed E-state index contributed by atoms with van der Waals surface area (Å²) in [5, 5.41) is 0. The Labute approximate surface area is 97.2 Å². The molecule has 0 saturated carbocycles. The van der Waals surface area contributed by atoms with Crippen molar-refractivity contribution in [2.75, 3.05) is 21.1 Å². The fourth-order valence-corrected chi connectivity index (χ4v) is 1.11. The minimum Gasteiger partial charge on any atom is -0.496 e. The molecule has 0 atom stereocenters. The maximum Gasteiger partial charge on any atom is 0.164 e. The normalized spacial score (nSPS) is 21.9. The van der Waals surface area contributed by atoms with E-state index in [0.717, 1.165) is 6.07 Å². The molecule has 0 unspecified atom stereocenters. The van der Waals surface area contributed by atoms with E-state index in [1.54, 1.807) is 6.92 Å². The van der Waals surface area contributed by atoms with Crippen LogP contribution in [0, 0.1) is 0 Å². The third-order valence-corrected chi connectivity index (χ3v) is 1.84. The van der Waals surface area contributed by atoms with Crippen LogP contribution in [0.1, 0.15) is 24.8 Å². The summed E-state index contributed by atoms with van der Waals surface area (Å²) in [6, 6.07) is 2.19.